The first-order valence-electron chi connectivity index (χ1n) is 11.2. The largest absolute Gasteiger partial charge is 0.465 e. The lowest BCUT2D eigenvalue weighted by Gasteiger charge is -2.31. The van der Waals surface area contributed by atoms with Gasteiger partial charge in [0, 0.05) is 19.2 Å². The minimum Gasteiger partial charge on any atom is -0.465 e. The van der Waals surface area contributed by atoms with E-state index in [0.717, 1.165) is 17.7 Å². The van der Waals surface area contributed by atoms with E-state index in [9.17, 15) is 18.3 Å². The quantitative estimate of drug-likeness (QED) is 0.530. The number of rotatable bonds is 6. The fourth-order valence-corrected chi connectivity index (χ4v) is 5.68. The molecule has 1 aromatic carbocycles. The van der Waals surface area contributed by atoms with Crippen LogP contribution in [0.3, 0.4) is 0 Å². The number of aryl methyl sites for hydroxylation is 1. The van der Waals surface area contributed by atoms with Crippen molar-refractivity contribution in [2.75, 3.05) is 24.4 Å². The Bertz CT molecular complexity index is 1400. The van der Waals surface area contributed by atoms with Crippen molar-refractivity contribution < 1.29 is 31.8 Å². The van der Waals surface area contributed by atoms with E-state index < -0.39 is 39.1 Å². The first-order chi connectivity index (χ1) is 16.6. The number of anilines is 1. The van der Waals surface area contributed by atoms with Gasteiger partial charge in [0.1, 0.15) is 17.3 Å². The molecular weight excluding hydrogens is 482 g/mol. The number of amides is 1. The minimum absolute atomic E-state index is 0.0539. The monoisotopic (exact) mass is 506 g/mol. The lowest BCUT2D eigenvalue weighted by Crippen LogP contribution is -2.45. The fourth-order valence-electron chi connectivity index (χ4n) is 4.31. The number of fused-ring (bicyclic) bond motifs is 1. The molecule has 12 heteroatoms. The standard InChI is InChI=1S/C23H24F2N4O5S/c1-13-4-5-29-19(11-15-12-28(23(30)31)6-7-34-15)22(26-20(29)8-13)21-17(24)9-14(10-18(21)25)27-35(32,33)16-2-3-16/h4-5,8-10,15-16,27H,2-3,6-7,11-12H2,1H3,(H,30,31). The number of hydrogen-bond donors (Lipinski definition) is 2. The summed E-state index contributed by atoms with van der Waals surface area (Å²) in [6, 6.07) is 5.49. The molecule has 1 aliphatic heterocycles. The molecule has 2 fully saturated rings. The number of sulfonamides is 1. The van der Waals surface area contributed by atoms with Crippen LogP contribution in [-0.4, -0.2) is 65.0 Å². The van der Waals surface area contributed by atoms with Gasteiger partial charge >= 0.3 is 6.09 Å². The zero-order valence-corrected chi connectivity index (χ0v) is 19.7. The molecule has 0 radical (unpaired) electrons. The van der Waals surface area contributed by atoms with Gasteiger partial charge in [-0.25, -0.2) is 27.0 Å². The van der Waals surface area contributed by atoms with E-state index in [-0.39, 0.29) is 43.1 Å². The second-order valence-electron chi connectivity index (χ2n) is 8.93. The van der Waals surface area contributed by atoms with Crippen molar-refractivity contribution in [3.05, 3.63) is 53.4 Å². The SMILES string of the molecule is Cc1ccn2c(CC3CN(C(=O)O)CCO3)c(-c3c(F)cc(NS(=O)(=O)C4CC4)cc3F)nc2c1. The Balaban J connectivity index is 1.55. The summed E-state index contributed by atoms with van der Waals surface area (Å²) in [6.45, 7) is 2.43. The Morgan fingerprint density at radius 1 is 1.26 bits per heavy atom. The maximum absolute atomic E-state index is 15.3. The van der Waals surface area contributed by atoms with Crippen LogP contribution in [0.1, 0.15) is 24.1 Å². The summed E-state index contributed by atoms with van der Waals surface area (Å²) in [5.74, 6) is -1.92. The zero-order valence-electron chi connectivity index (χ0n) is 18.9. The fraction of sp³-hybridized carbons (Fsp3) is 0.391. The lowest BCUT2D eigenvalue weighted by molar-refractivity contribution is -0.0214. The number of carboxylic acid groups (broad SMARTS) is 1. The summed E-state index contributed by atoms with van der Waals surface area (Å²) in [5, 5.41) is 8.80. The van der Waals surface area contributed by atoms with Crippen LogP contribution in [0.2, 0.25) is 0 Å². The van der Waals surface area contributed by atoms with Gasteiger partial charge in [0.25, 0.3) is 0 Å². The Morgan fingerprint density at radius 2 is 1.97 bits per heavy atom. The average molecular weight is 507 g/mol. The highest BCUT2D eigenvalue weighted by Gasteiger charge is 2.36. The van der Waals surface area contributed by atoms with E-state index in [0.29, 0.717) is 24.2 Å². The van der Waals surface area contributed by atoms with E-state index in [2.05, 4.69) is 9.71 Å². The molecular formula is C23H24F2N4O5S. The van der Waals surface area contributed by atoms with Crippen molar-refractivity contribution in [1.82, 2.24) is 14.3 Å². The normalized spacial score (nSPS) is 18.7. The molecule has 0 spiro atoms. The van der Waals surface area contributed by atoms with Crippen molar-refractivity contribution in [2.45, 2.75) is 37.5 Å². The molecule has 2 N–H and O–H groups in total. The van der Waals surface area contributed by atoms with Gasteiger partial charge in [0.15, 0.2) is 0 Å². The average Bonchev–Trinajstić information content (AvgIpc) is 3.59. The van der Waals surface area contributed by atoms with Gasteiger partial charge in [0.2, 0.25) is 10.0 Å². The Hall–Kier alpha value is -3.25. The number of imidazole rings is 1. The van der Waals surface area contributed by atoms with Crippen LogP contribution in [0.5, 0.6) is 0 Å². The van der Waals surface area contributed by atoms with Crippen LogP contribution in [0.25, 0.3) is 16.9 Å². The first-order valence-corrected chi connectivity index (χ1v) is 12.7. The molecule has 1 amide bonds. The number of benzene rings is 1. The van der Waals surface area contributed by atoms with Gasteiger partial charge in [-0.1, -0.05) is 0 Å². The second-order valence-corrected chi connectivity index (χ2v) is 10.9. The molecule has 5 rings (SSSR count). The molecule has 1 unspecified atom stereocenters. The highest BCUT2D eigenvalue weighted by molar-refractivity contribution is 7.93. The predicted molar refractivity (Wildman–Crippen MR) is 124 cm³/mol. The lowest BCUT2D eigenvalue weighted by atomic mass is 10.0. The Kier molecular flexibility index (Phi) is 5.88. The van der Waals surface area contributed by atoms with E-state index >= 15 is 8.78 Å². The van der Waals surface area contributed by atoms with E-state index in [1.54, 1.807) is 16.7 Å². The topological polar surface area (TPSA) is 113 Å². The maximum Gasteiger partial charge on any atom is 0.407 e. The number of nitrogens with zero attached hydrogens (tertiary/aromatic N) is 3. The van der Waals surface area contributed by atoms with Crippen LogP contribution < -0.4 is 4.72 Å². The highest BCUT2D eigenvalue weighted by atomic mass is 32.2. The molecule has 1 saturated carbocycles. The van der Waals surface area contributed by atoms with Gasteiger partial charge in [0.05, 0.1) is 47.1 Å². The molecule has 3 heterocycles. The van der Waals surface area contributed by atoms with Gasteiger partial charge < -0.3 is 19.1 Å². The molecule has 2 aliphatic rings. The van der Waals surface area contributed by atoms with Crippen molar-refractivity contribution in [1.29, 1.82) is 0 Å². The third-order valence-electron chi connectivity index (χ3n) is 6.21. The molecule has 35 heavy (non-hydrogen) atoms. The van der Waals surface area contributed by atoms with Gasteiger partial charge in [-0.15, -0.1) is 0 Å². The van der Waals surface area contributed by atoms with Crippen LogP contribution in [-0.2, 0) is 21.2 Å². The predicted octanol–water partition coefficient (Wildman–Crippen LogP) is 3.41. The first kappa shape index (κ1) is 23.5. The minimum atomic E-state index is -3.69. The summed E-state index contributed by atoms with van der Waals surface area (Å²) >= 11 is 0. The summed E-state index contributed by atoms with van der Waals surface area (Å²) in [5.41, 5.74) is 1.31. The van der Waals surface area contributed by atoms with E-state index in [4.69, 9.17) is 4.74 Å². The third-order valence-corrected chi connectivity index (χ3v) is 8.08. The van der Waals surface area contributed by atoms with Gasteiger partial charge in [-0.3, -0.25) is 4.72 Å². The van der Waals surface area contributed by atoms with Crippen molar-refractivity contribution >= 4 is 27.5 Å². The molecule has 0 bridgehead atoms. The summed E-state index contributed by atoms with van der Waals surface area (Å²) < 4.78 is 64.7. The van der Waals surface area contributed by atoms with Crippen LogP contribution >= 0.6 is 0 Å². The number of nitrogens with one attached hydrogen (secondary N) is 1. The highest BCUT2D eigenvalue weighted by Crippen LogP contribution is 2.35. The van der Waals surface area contributed by atoms with Crippen LogP contribution in [0.15, 0.2) is 30.5 Å². The number of halogens is 2. The zero-order chi connectivity index (χ0) is 24.9. The molecule has 1 aliphatic carbocycles. The van der Waals surface area contributed by atoms with Crippen LogP contribution in [0.4, 0.5) is 19.3 Å². The maximum atomic E-state index is 15.3. The molecule has 2 aromatic heterocycles. The molecule has 186 valence electrons. The molecule has 3 aromatic rings. The number of morpholine rings is 1. The number of carbonyl (C=O) groups is 1. The van der Waals surface area contributed by atoms with Crippen molar-refractivity contribution in [2.24, 2.45) is 0 Å². The second kappa shape index (κ2) is 8.76. The third kappa shape index (κ3) is 4.67. The van der Waals surface area contributed by atoms with E-state index in [1.807, 2.05) is 13.0 Å². The molecule has 1 saturated heterocycles. The summed E-state index contributed by atoms with van der Waals surface area (Å²) in [6.07, 6.45) is 1.35. The number of aromatic nitrogens is 2. The van der Waals surface area contributed by atoms with Gasteiger partial charge in [-0.2, -0.15) is 0 Å². The molecule has 9 nitrogen and oxygen atoms in total. The van der Waals surface area contributed by atoms with E-state index in [1.165, 1.54) is 4.90 Å². The van der Waals surface area contributed by atoms with Gasteiger partial charge in [-0.05, 0) is 49.6 Å². The van der Waals surface area contributed by atoms with Crippen LogP contribution in [0, 0.1) is 18.6 Å². The number of hydrogen-bond acceptors (Lipinski definition) is 5. The molecule has 1 atom stereocenters. The van der Waals surface area contributed by atoms with Crippen molar-refractivity contribution in [3.8, 4) is 11.3 Å². The number of pyridine rings is 1. The summed E-state index contributed by atoms with van der Waals surface area (Å²) in [7, 11) is -3.69. The number of ether oxygens (including phenoxy) is 1. The Morgan fingerprint density at radius 3 is 2.63 bits per heavy atom. The Labute approximate surface area is 200 Å². The smallest absolute Gasteiger partial charge is 0.407 e. The van der Waals surface area contributed by atoms with Crippen molar-refractivity contribution in [3.63, 3.8) is 0 Å². The summed E-state index contributed by atoms with van der Waals surface area (Å²) in [4.78, 5) is 17.1.